The summed E-state index contributed by atoms with van der Waals surface area (Å²) in [5.74, 6) is -1.82. The monoisotopic (exact) mass is 154 g/mol. The molecule has 3 heteroatoms. The van der Waals surface area contributed by atoms with Gasteiger partial charge in [-0.25, -0.2) is 0 Å². The van der Waals surface area contributed by atoms with Crippen molar-refractivity contribution in [2.24, 2.45) is 11.8 Å². The molecule has 2 unspecified atom stereocenters. The molecule has 0 aromatic rings. The molecule has 0 bridgehead atoms. The molecule has 3 nitrogen and oxygen atoms in total. The Balaban J connectivity index is 2.72. The largest absolute Gasteiger partial charge is 0.481 e. The fourth-order valence-electron chi connectivity index (χ4n) is 1.27. The smallest absolute Gasteiger partial charge is 0.311 e. The van der Waals surface area contributed by atoms with Gasteiger partial charge in [0.05, 0.1) is 5.92 Å². The zero-order valence-electron chi connectivity index (χ0n) is 6.06. The van der Waals surface area contributed by atoms with Crippen LogP contribution in [0, 0.1) is 11.8 Å². The number of hydrogen-bond acceptors (Lipinski definition) is 2. The van der Waals surface area contributed by atoms with Crippen molar-refractivity contribution in [1.82, 2.24) is 0 Å². The zero-order chi connectivity index (χ0) is 8.27. The Hall–Kier alpha value is -1.12. The minimum absolute atomic E-state index is 0.322. The van der Waals surface area contributed by atoms with Crippen LogP contribution in [0.4, 0.5) is 0 Å². The lowest BCUT2D eigenvalue weighted by Crippen LogP contribution is -2.24. The quantitative estimate of drug-likeness (QED) is 0.474. The van der Waals surface area contributed by atoms with Crippen molar-refractivity contribution in [3.05, 3.63) is 12.2 Å². The van der Waals surface area contributed by atoms with Gasteiger partial charge in [-0.1, -0.05) is 12.2 Å². The van der Waals surface area contributed by atoms with Crippen LogP contribution in [0.5, 0.6) is 0 Å². The van der Waals surface area contributed by atoms with Gasteiger partial charge in [0.1, 0.15) is 6.29 Å². The molecule has 0 aromatic heterocycles. The van der Waals surface area contributed by atoms with E-state index in [0.717, 1.165) is 12.7 Å². The lowest BCUT2D eigenvalue weighted by molar-refractivity contribution is -0.143. The molecule has 0 aliphatic heterocycles. The van der Waals surface area contributed by atoms with Crippen molar-refractivity contribution in [2.45, 2.75) is 12.8 Å². The summed E-state index contributed by atoms with van der Waals surface area (Å²) in [5.41, 5.74) is 0. The van der Waals surface area contributed by atoms with Gasteiger partial charge in [0.2, 0.25) is 0 Å². The normalized spacial score (nSPS) is 29.8. The highest BCUT2D eigenvalue weighted by molar-refractivity contribution is 5.77. The van der Waals surface area contributed by atoms with Crippen LogP contribution in [0.3, 0.4) is 0 Å². The van der Waals surface area contributed by atoms with Crippen molar-refractivity contribution in [3.63, 3.8) is 0 Å². The van der Waals surface area contributed by atoms with Crippen LogP contribution in [0.2, 0.25) is 0 Å². The Morgan fingerprint density at radius 2 is 2.36 bits per heavy atom. The number of carboxylic acid groups (broad SMARTS) is 1. The van der Waals surface area contributed by atoms with E-state index >= 15 is 0 Å². The van der Waals surface area contributed by atoms with E-state index in [0.29, 0.717) is 6.42 Å². The van der Waals surface area contributed by atoms with E-state index < -0.39 is 11.9 Å². The van der Waals surface area contributed by atoms with Gasteiger partial charge in [-0.05, 0) is 12.8 Å². The minimum atomic E-state index is -0.905. The molecule has 0 heterocycles. The van der Waals surface area contributed by atoms with Crippen LogP contribution in [0.15, 0.2) is 12.2 Å². The number of rotatable bonds is 2. The number of carbonyl (C=O) groups is 2. The highest BCUT2D eigenvalue weighted by atomic mass is 16.4. The molecule has 0 radical (unpaired) electrons. The summed E-state index contributed by atoms with van der Waals surface area (Å²) in [6.45, 7) is 0. The number of carboxylic acids is 1. The molecular formula is C8H10O3. The first-order valence-electron chi connectivity index (χ1n) is 3.60. The van der Waals surface area contributed by atoms with E-state index in [9.17, 15) is 9.59 Å². The third-order valence-corrected chi connectivity index (χ3v) is 1.93. The predicted octanol–water partition coefficient (Wildman–Crippen LogP) is 0.852. The van der Waals surface area contributed by atoms with Gasteiger partial charge in [0, 0.05) is 5.92 Å². The topological polar surface area (TPSA) is 54.4 Å². The molecule has 11 heavy (non-hydrogen) atoms. The maximum Gasteiger partial charge on any atom is 0.311 e. The third kappa shape index (κ3) is 1.67. The van der Waals surface area contributed by atoms with E-state index in [1.54, 1.807) is 6.08 Å². The highest BCUT2D eigenvalue weighted by Crippen LogP contribution is 2.22. The predicted molar refractivity (Wildman–Crippen MR) is 39.1 cm³/mol. The summed E-state index contributed by atoms with van der Waals surface area (Å²) in [5, 5.41) is 8.63. The number of carbonyl (C=O) groups excluding carboxylic acids is 1. The first-order chi connectivity index (χ1) is 5.25. The number of aldehydes is 1. The van der Waals surface area contributed by atoms with Gasteiger partial charge in [-0.3, -0.25) is 4.79 Å². The molecule has 60 valence electrons. The van der Waals surface area contributed by atoms with Crippen molar-refractivity contribution < 1.29 is 14.7 Å². The molecule has 0 saturated carbocycles. The molecule has 1 aliphatic rings. The molecule has 1 aliphatic carbocycles. The fraction of sp³-hybridized carbons (Fsp3) is 0.500. The SMILES string of the molecule is O=CC1CCC=CC1C(=O)O. The summed E-state index contributed by atoms with van der Waals surface area (Å²) in [6.07, 6.45) is 5.64. The van der Waals surface area contributed by atoms with Crippen LogP contribution in [0.25, 0.3) is 0 Å². The minimum Gasteiger partial charge on any atom is -0.481 e. The van der Waals surface area contributed by atoms with Gasteiger partial charge < -0.3 is 9.90 Å². The Kier molecular flexibility index (Phi) is 2.41. The molecule has 0 fully saturated rings. The maximum absolute atomic E-state index is 10.5. The Labute approximate surface area is 64.7 Å². The summed E-state index contributed by atoms with van der Waals surface area (Å²) in [4.78, 5) is 20.9. The lowest BCUT2D eigenvalue weighted by atomic mass is 9.85. The van der Waals surface area contributed by atoms with Crippen molar-refractivity contribution >= 4 is 12.3 Å². The molecule has 0 aromatic carbocycles. The highest BCUT2D eigenvalue weighted by Gasteiger charge is 2.26. The number of hydrogen-bond donors (Lipinski definition) is 1. The number of allylic oxidation sites excluding steroid dienone is 1. The standard InChI is InChI=1S/C8H10O3/c9-5-6-3-1-2-4-7(6)8(10)11/h2,4-7H,1,3H2,(H,10,11). The molecular weight excluding hydrogens is 144 g/mol. The first kappa shape index (κ1) is 7.98. The van der Waals surface area contributed by atoms with Crippen LogP contribution >= 0.6 is 0 Å². The summed E-state index contributed by atoms with van der Waals surface area (Å²) >= 11 is 0. The second-order valence-corrected chi connectivity index (χ2v) is 2.67. The summed E-state index contributed by atoms with van der Waals surface area (Å²) < 4.78 is 0. The summed E-state index contributed by atoms with van der Waals surface area (Å²) in [6, 6.07) is 0. The van der Waals surface area contributed by atoms with E-state index in [2.05, 4.69) is 0 Å². The van der Waals surface area contributed by atoms with E-state index in [1.807, 2.05) is 6.08 Å². The Morgan fingerprint density at radius 3 is 2.82 bits per heavy atom. The van der Waals surface area contributed by atoms with Crippen LogP contribution in [0.1, 0.15) is 12.8 Å². The fourth-order valence-corrected chi connectivity index (χ4v) is 1.27. The van der Waals surface area contributed by atoms with E-state index in [4.69, 9.17) is 5.11 Å². The van der Waals surface area contributed by atoms with Crippen molar-refractivity contribution in [2.75, 3.05) is 0 Å². The second kappa shape index (κ2) is 3.32. The molecule has 0 spiro atoms. The zero-order valence-corrected chi connectivity index (χ0v) is 6.06. The molecule has 0 saturated heterocycles. The average Bonchev–Trinajstić information content (AvgIpc) is 2.04. The van der Waals surface area contributed by atoms with Crippen LogP contribution in [-0.4, -0.2) is 17.4 Å². The summed E-state index contributed by atoms with van der Waals surface area (Å²) in [7, 11) is 0. The van der Waals surface area contributed by atoms with E-state index in [-0.39, 0.29) is 5.92 Å². The Morgan fingerprint density at radius 1 is 1.64 bits per heavy atom. The van der Waals surface area contributed by atoms with Crippen molar-refractivity contribution in [3.8, 4) is 0 Å². The van der Waals surface area contributed by atoms with Gasteiger partial charge in [-0.2, -0.15) is 0 Å². The molecule has 2 atom stereocenters. The molecule has 1 N–H and O–H groups in total. The van der Waals surface area contributed by atoms with Gasteiger partial charge >= 0.3 is 5.97 Å². The van der Waals surface area contributed by atoms with Crippen molar-refractivity contribution in [1.29, 1.82) is 0 Å². The van der Waals surface area contributed by atoms with Gasteiger partial charge in [-0.15, -0.1) is 0 Å². The Bertz CT molecular complexity index is 196. The average molecular weight is 154 g/mol. The molecule has 1 rings (SSSR count). The third-order valence-electron chi connectivity index (χ3n) is 1.93. The maximum atomic E-state index is 10.5. The van der Waals surface area contributed by atoms with Crippen LogP contribution < -0.4 is 0 Å². The lowest BCUT2D eigenvalue weighted by Gasteiger charge is -2.18. The molecule has 0 amide bonds. The van der Waals surface area contributed by atoms with Gasteiger partial charge in [0.25, 0.3) is 0 Å². The van der Waals surface area contributed by atoms with Crippen LogP contribution in [-0.2, 0) is 9.59 Å². The first-order valence-corrected chi connectivity index (χ1v) is 3.60. The van der Waals surface area contributed by atoms with E-state index in [1.165, 1.54) is 0 Å². The number of aliphatic carboxylic acids is 1. The van der Waals surface area contributed by atoms with Gasteiger partial charge in [0.15, 0.2) is 0 Å². The second-order valence-electron chi connectivity index (χ2n) is 2.67.